The first-order valence-electron chi connectivity index (χ1n) is 4.17. The van der Waals surface area contributed by atoms with Gasteiger partial charge in [0, 0.05) is 0 Å². The van der Waals surface area contributed by atoms with E-state index in [0.29, 0.717) is 0 Å². The van der Waals surface area contributed by atoms with Crippen LogP contribution in [0.25, 0.3) is 0 Å². The van der Waals surface area contributed by atoms with Crippen molar-refractivity contribution in [2.75, 3.05) is 19.8 Å². The summed E-state index contributed by atoms with van der Waals surface area (Å²) in [4.78, 5) is 9.93. The number of rotatable bonds is 7. The molecule has 0 unspecified atom stereocenters. The Morgan fingerprint density at radius 2 is 2.00 bits per heavy atom. The highest BCUT2D eigenvalue weighted by Gasteiger charge is 2.38. The Hall–Kier alpha value is -0.750. The summed E-state index contributed by atoms with van der Waals surface area (Å²) in [5.74, 6) is -6.00. The normalized spacial score (nSPS) is 12.1. The van der Waals surface area contributed by atoms with Crippen molar-refractivity contribution in [3.8, 4) is 0 Å². The summed E-state index contributed by atoms with van der Waals surface area (Å²) in [5.41, 5.74) is 0. The summed E-state index contributed by atoms with van der Waals surface area (Å²) in [7, 11) is 0. The number of hydrogen-bond acceptors (Lipinski definition) is 3. The van der Waals surface area contributed by atoms with Gasteiger partial charge in [-0.1, -0.05) is 0 Å². The molecule has 0 bridgehead atoms. The van der Waals surface area contributed by atoms with Crippen LogP contribution in [0.15, 0.2) is 0 Å². The highest BCUT2D eigenvalue weighted by Crippen LogP contribution is 2.13. The van der Waals surface area contributed by atoms with Crippen LogP contribution in [0.5, 0.6) is 0 Å². The van der Waals surface area contributed by atoms with Gasteiger partial charge in [0.2, 0.25) is 0 Å². The maximum absolute atomic E-state index is 12.4. The lowest BCUT2D eigenvalue weighted by Gasteiger charge is -2.12. The van der Waals surface area contributed by atoms with Crippen LogP contribution in [0.2, 0.25) is 0 Å². The number of carboxylic acid groups (broad SMARTS) is 1. The Bertz CT molecular complexity index is 182. The minimum Gasteiger partial charge on any atom is -0.477 e. The van der Waals surface area contributed by atoms with E-state index in [2.05, 4.69) is 4.74 Å². The first-order chi connectivity index (χ1) is 6.36. The predicted molar refractivity (Wildman–Crippen MR) is 44.5 cm³/mol. The highest BCUT2D eigenvalue weighted by molar-refractivity contribution is 5.75. The lowest BCUT2D eigenvalue weighted by molar-refractivity contribution is -0.174. The number of carboxylic acids is 1. The third-order valence-electron chi connectivity index (χ3n) is 1.28. The lowest BCUT2D eigenvalue weighted by atomic mass is 10.4. The maximum Gasteiger partial charge on any atom is 0.377 e. The van der Waals surface area contributed by atoms with Crippen molar-refractivity contribution >= 4 is 5.97 Å². The van der Waals surface area contributed by atoms with E-state index in [-0.39, 0.29) is 19.3 Å². The second kappa shape index (κ2) is 5.87. The zero-order chi connectivity index (χ0) is 11.2. The molecule has 0 amide bonds. The maximum atomic E-state index is 12.4. The number of carbonyl (C=O) groups is 1. The van der Waals surface area contributed by atoms with E-state index in [4.69, 9.17) is 9.84 Å². The van der Waals surface area contributed by atoms with Crippen LogP contribution in [-0.4, -0.2) is 42.9 Å². The van der Waals surface area contributed by atoms with Gasteiger partial charge in [-0.15, -0.1) is 0 Å². The molecule has 0 rings (SSSR count). The monoisotopic (exact) mass is 212 g/mol. The van der Waals surface area contributed by atoms with E-state index in [0.717, 1.165) is 0 Å². The molecule has 0 saturated carbocycles. The molecular formula is C8H14F2O4. The fourth-order valence-electron chi connectivity index (χ4n) is 0.605. The van der Waals surface area contributed by atoms with E-state index < -0.39 is 18.5 Å². The van der Waals surface area contributed by atoms with Crippen LogP contribution >= 0.6 is 0 Å². The van der Waals surface area contributed by atoms with Gasteiger partial charge < -0.3 is 14.6 Å². The Morgan fingerprint density at radius 3 is 2.43 bits per heavy atom. The summed E-state index contributed by atoms with van der Waals surface area (Å²) in [6.45, 7) is 2.61. The Labute approximate surface area is 80.8 Å². The Kier molecular flexibility index (Phi) is 5.56. The summed E-state index contributed by atoms with van der Waals surface area (Å²) in [6, 6.07) is 0. The standard InChI is InChI=1S/C8H14F2O4/c1-6(2)14-4-3-13-5-8(9,10)7(11)12/h6H,3-5H2,1-2H3,(H,11,12). The second-order valence-corrected chi connectivity index (χ2v) is 2.98. The van der Waals surface area contributed by atoms with Crippen molar-refractivity contribution in [1.82, 2.24) is 0 Å². The quantitative estimate of drug-likeness (QED) is 0.643. The predicted octanol–water partition coefficient (Wildman–Crippen LogP) is 1.15. The molecule has 0 saturated heterocycles. The van der Waals surface area contributed by atoms with Gasteiger partial charge in [-0.25, -0.2) is 4.79 Å². The van der Waals surface area contributed by atoms with Crippen LogP contribution in [0.3, 0.4) is 0 Å². The topological polar surface area (TPSA) is 55.8 Å². The van der Waals surface area contributed by atoms with Crippen LogP contribution in [0, 0.1) is 0 Å². The first-order valence-corrected chi connectivity index (χ1v) is 4.17. The highest BCUT2D eigenvalue weighted by atomic mass is 19.3. The number of aliphatic carboxylic acids is 1. The third-order valence-corrected chi connectivity index (χ3v) is 1.28. The molecule has 0 radical (unpaired) electrons. The fourth-order valence-corrected chi connectivity index (χ4v) is 0.605. The third kappa shape index (κ3) is 5.82. The molecular weight excluding hydrogens is 198 g/mol. The summed E-state index contributed by atoms with van der Waals surface area (Å²) >= 11 is 0. The average molecular weight is 212 g/mol. The van der Waals surface area contributed by atoms with E-state index >= 15 is 0 Å². The van der Waals surface area contributed by atoms with E-state index in [1.807, 2.05) is 0 Å². The van der Waals surface area contributed by atoms with Gasteiger partial charge >= 0.3 is 11.9 Å². The minimum atomic E-state index is -3.82. The zero-order valence-corrected chi connectivity index (χ0v) is 8.13. The molecule has 4 nitrogen and oxygen atoms in total. The van der Waals surface area contributed by atoms with Gasteiger partial charge in [-0.3, -0.25) is 0 Å². The van der Waals surface area contributed by atoms with Crippen molar-refractivity contribution in [2.45, 2.75) is 25.9 Å². The molecule has 84 valence electrons. The molecule has 0 heterocycles. The Morgan fingerprint density at radius 1 is 1.43 bits per heavy atom. The number of hydrogen-bond donors (Lipinski definition) is 1. The van der Waals surface area contributed by atoms with Crippen molar-refractivity contribution < 1.29 is 28.2 Å². The molecule has 0 aliphatic rings. The fraction of sp³-hybridized carbons (Fsp3) is 0.875. The molecule has 0 fully saturated rings. The van der Waals surface area contributed by atoms with E-state index in [9.17, 15) is 13.6 Å². The summed E-state index contributed by atoms with van der Waals surface area (Å²) in [6.07, 6.45) is -0.00131. The number of alkyl halides is 2. The molecule has 0 spiro atoms. The van der Waals surface area contributed by atoms with Gasteiger partial charge in [0.05, 0.1) is 19.3 Å². The molecule has 0 aliphatic heterocycles. The lowest BCUT2D eigenvalue weighted by Crippen LogP contribution is -2.34. The van der Waals surface area contributed by atoms with Crippen LogP contribution in [-0.2, 0) is 14.3 Å². The smallest absolute Gasteiger partial charge is 0.377 e. The minimum absolute atomic E-state index is 0.00131. The van der Waals surface area contributed by atoms with Gasteiger partial charge in [-0.2, -0.15) is 8.78 Å². The summed E-state index contributed by atoms with van der Waals surface area (Å²) in [5, 5.41) is 8.02. The summed E-state index contributed by atoms with van der Waals surface area (Å²) < 4.78 is 34.2. The van der Waals surface area contributed by atoms with Crippen LogP contribution < -0.4 is 0 Å². The first kappa shape index (κ1) is 13.2. The molecule has 0 aromatic rings. The van der Waals surface area contributed by atoms with Gasteiger partial charge in [0.25, 0.3) is 0 Å². The van der Waals surface area contributed by atoms with Crippen molar-refractivity contribution in [3.05, 3.63) is 0 Å². The molecule has 0 atom stereocenters. The molecule has 1 N–H and O–H groups in total. The van der Waals surface area contributed by atoms with Crippen LogP contribution in [0.4, 0.5) is 8.78 Å². The molecule has 14 heavy (non-hydrogen) atoms. The van der Waals surface area contributed by atoms with Crippen LogP contribution in [0.1, 0.15) is 13.8 Å². The van der Waals surface area contributed by atoms with Crippen molar-refractivity contribution in [3.63, 3.8) is 0 Å². The van der Waals surface area contributed by atoms with Crippen molar-refractivity contribution in [1.29, 1.82) is 0 Å². The molecule has 0 aromatic carbocycles. The van der Waals surface area contributed by atoms with Gasteiger partial charge in [0.1, 0.15) is 6.61 Å². The Balaban J connectivity index is 3.49. The zero-order valence-electron chi connectivity index (χ0n) is 8.13. The number of ether oxygens (including phenoxy) is 2. The van der Waals surface area contributed by atoms with Crippen molar-refractivity contribution in [2.24, 2.45) is 0 Å². The van der Waals surface area contributed by atoms with E-state index in [1.165, 1.54) is 0 Å². The second-order valence-electron chi connectivity index (χ2n) is 2.98. The largest absolute Gasteiger partial charge is 0.477 e. The SMILES string of the molecule is CC(C)OCCOCC(F)(F)C(=O)O. The average Bonchev–Trinajstić information content (AvgIpc) is 2.02. The van der Waals surface area contributed by atoms with Gasteiger partial charge in [-0.05, 0) is 13.8 Å². The van der Waals surface area contributed by atoms with E-state index in [1.54, 1.807) is 13.8 Å². The molecule has 6 heteroatoms. The number of halogens is 2. The van der Waals surface area contributed by atoms with Gasteiger partial charge in [0.15, 0.2) is 0 Å². The molecule has 0 aliphatic carbocycles. The molecule has 0 aromatic heterocycles.